The normalized spacial score (nSPS) is 20.2. The van der Waals surface area contributed by atoms with Crippen molar-refractivity contribution in [2.45, 2.75) is 18.9 Å². The fraction of sp³-hybridized carbons (Fsp3) is 0.500. The molecule has 2 heterocycles. The van der Waals surface area contributed by atoms with Crippen LogP contribution in [0.4, 0.5) is 0 Å². The molecule has 2 aromatic carbocycles. The third kappa shape index (κ3) is 7.30. The van der Waals surface area contributed by atoms with Crippen molar-refractivity contribution >= 4 is 23.4 Å². The van der Waals surface area contributed by atoms with Gasteiger partial charge in [0.15, 0.2) is 6.61 Å². The van der Waals surface area contributed by atoms with Gasteiger partial charge in [0.1, 0.15) is 29.5 Å². The van der Waals surface area contributed by atoms with Gasteiger partial charge in [-0.05, 0) is 49.9 Å². The Balaban J connectivity index is 1.45. The number of carbonyl (C=O) groups is 2. The lowest BCUT2D eigenvalue weighted by Crippen LogP contribution is -2.59. The van der Waals surface area contributed by atoms with E-state index < -0.39 is 5.60 Å². The first kappa shape index (κ1) is 28.0. The van der Waals surface area contributed by atoms with E-state index >= 15 is 0 Å². The van der Waals surface area contributed by atoms with Crippen LogP contribution in [0.5, 0.6) is 17.2 Å². The van der Waals surface area contributed by atoms with Crippen molar-refractivity contribution in [2.24, 2.45) is 0 Å². The molecule has 0 N–H and O–H groups in total. The predicted molar refractivity (Wildman–Crippen MR) is 144 cm³/mol. The Kier molecular flexibility index (Phi) is 9.35. The summed E-state index contributed by atoms with van der Waals surface area (Å²) in [5.41, 5.74) is -0.0968. The minimum Gasteiger partial charge on any atom is -0.497 e. The molecule has 9 nitrogen and oxygen atoms in total. The molecule has 0 bridgehead atoms. The molecular weight excluding hydrogens is 510 g/mol. The summed E-state index contributed by atoms with van der Waals surface area (Å²) in [6.07, 6.45) is 0.115. The molecule has 0 aromatic heterocycles. The van der Waals surface area contributed by atoms with E-state index in [-0.39, 0.29) is 38.0 Å². The van der Waals surface area contributed by atoms with Crippen LogP contribution in [0, 0.1) is 6.92 Å². The highest BCUT2D eigenvalue weighted by atomic mass is 35.5. The monoisotopic (exact) mass is 545 g/mol. The van der Waals surface area contributed by atoms with Crippen molar-refractivity contribution in [3.63, 3.8) is 0 Å². The zero-order chi connectivity index (χ0) is 27.1. The molecule has 206 valence electrons. The molecule has 2 aliphatic rings. The summed E-state index contributed by atoms with van der Waals surface area (Å²) < 4.78 is 23.3. The van der Waals surface area contributed by atoms with Crippen molar-refractivity contribution in [2.75, 3.05) is 73.2 Å². The summed E-state index contributed by atoms with van der Waals surface area (Å²) in [7, 11) is 3.63. The van der Waals surface area contributed by atoms with E-state index in [0.29, 0.717) is 48.5 Å². The molecule has 2 fully saturated rings. The summed E-state index contributed by atoms with van der Waals surface area (Å²) in [5, 5.41) is 0.652. The van der Waals surface area contributed by atoms with E-state index in [1.54, 1.807) is 42.3 Å². The lowest BCUT2D eigenvalue weighted by Gasteiger charge is -2.43. The first-order valence-corrected chi connectivity index (χ1v) is 13.2. The Bertz CT molecular complexity index is 1120. The van der Waals surface area contributed by atoms with Crippen LogP contribution in [-0.2, 0) is 14.3 Å². The van der Waals surface area contributed by atoms with Crippen LogP contribution in [0.25, 0.3) is 0 Å². The predicted octanol–water partition coefficient (Wildman–Crippen LogP) is 2.88. The van der Waals surface area contributed by atoms with Crippen molar-refractivity contribution in [1.82, 2.24) is 14.7 Å². The number of halogens is 1. The molecule has 4 rings (SSSR count). The minimum absolute atomic E-state index is 0.00378. The van der Waals surface area contributed by atoms with Crippen molar-refractivity contribution in [3.8, 4) is 17.2 Å². The zero-order valence-corrected chi connectivity index (χ0v) is 23.0. The van der Waals surface area contributed by atoms with Gasteiger partial charge in [-0.1, -0.05) is 17.7 Å². The van der Waals surface area contributed by atoms with Crippen LogP contribution in [0.1, 0.15) is 12.0 Å². The number of morpholine rings is 1. The fourth-order valence-electron chi connectivity index (χ4n) is 4.60. The van der Waals surface area contributed by atoms with Gasteiger partial charge in [0.25, 0.3) is 5.91 Å². The Labute approximate surface area is 229 Å². The molecule has 0 saturated carbocycles. The number of carbonyl (C=O) groups excluding carboxylic acids is 2. The van der Waals surface area contributed by atoms with Crippen molar-refractivity contribution < 1.29 is 28.5 Å². The van der Waals surface area contributed by atoms with Crippen molar-refractivity contribution in [3.05, 3.63) is 53.1 Å². The fourth-order valence-corrected chi connectivity index (χ4v) is 4.71. The number of amides is 2. The number of hydrogen-bond donors (Lipinski definition) is 0. The zero-order valence-electron chi connectivity index (χ0n) is 22.3. The Morgan fingerprint density at radius 1 is 0.947 bits per heavy atom. The van der Waals surface area contributed by atoms with E-state index in [1.165, 1.54) is 0 Å². The third-order valence-electron chi connectivity index (χ3n) is 6.97. The number of nitrogens with zero attached hydrogens (tertiary/aromatic N) is 3. The van der Waals surface area contributed by atoms with Crippen LogP contribution in [0.2, 0.25) is 5.02 Å². The maximum absolute atomic E-state index is 13.4. The molecule has 2 aromatic rings. The number of aryl methyl sites for hydroxylation is 1. The van der Waals surface area contributed by atoms with Crippen LogP contribution >= 0.6 is 11.6 Å². The number of likely N-dealkylation sites (N-methyl/N-ethyl adjacent to an activating group) is 1. The smallest absolute Gasteiger partial charge is 0.260 e. The number of rotatable bonds is 9. The second kappa shape index (κ2) is 12.7. The summed E-state index contributed by atoms with van der Waals surface area (Å²) in [6, 6.07) is 12.5. The van der Waals surface area contributed by atoms with Crippen LogP contribution in [0.3, 0.4) is 0 Å². The highest BCUT2D eigenvalue weighted by Crippen LogP contribution is 2.28. The van der Waals surface area contributed by atoms with Gasteiger partial charge >= 0.3 is 0 Å². The highest BCUT2D eigenvalue weighted by molar-refractivity contribution is 6.31. The van der Waals surface area contributed by atoms with Crippen LogP contribution in [-0.4, -0.2) is 105 Å². The van der Waals surface area contributed by atoms with Gasteiger partial charge in [-0.25, -0.2) is 0 Å². The number of piperazine rings is 1. The standard InChI is InChI=1S/C28H36ClN3O6/c1-21-15-24(7-8-25(21)29)37-20-28(17-26(33)31-11-9-30(2)10-12-31)19-32(13-14-38-28)27(34)18-36-23-6-4-5-22(16-23)35-3/h4-8,15-16H,9-14,17-20H2,1-3H3/t28-/m0/s1. The second-order valence-electron chi connectivity index (χ2n) is 9.87. The third-order valence-corrected chi connectivity index (χ3v) is 7.39. The summed E-state index contributed by atoms with van der Waals surface area (Å²) >= 11 is 6.17. The van der Waals surface area contributed by atoms with E-state index in [1.807, 2.05) is 31.0 Å². The lowest BCUT2D eigenvalue weighted by atomic mass is 9.96. The minimum atomic E-state index is -0.988. The average Bonchev–Trinajstić information content (AvgIpc) is 2.93. The van der Waals surface area contributed by atoms with E-state index in [9.17, 15) is 9.59 Å². The maximum atomic E-state index is 13.4. The van der Waals surface area contributed by atoms with Gasteiger partial charge < -0.3 is 33.6 Å². The quantitative estimate of drug-likeness (QED) is 0.479. The van der Waals surface area contributed by atoms with E-state index in [4.69, 9.17) is 30.5 Å². The molecule has 0 spiro atoms. The number of ether oxygens (including phenoxy) is 4. The summed E-state index contributed by atoms with van der Waals surface area (Å²) in [5.74, 6) is 1.64. The lowest BCUT2D eigenvalue weighted by molar-refractivity contribution is -0.167. The van der Waals surface area contributed by atoms with Gasteiger partial charge in [0, 0.05) is 43.8 Å². The molecule has 2 saturated heterocycles. The first-order valence-electron chi connectivity index (χ1n) is 12.8. The number of benzene rings is 2. The summed E-state index contributed by atoms with van der Waals surface area (Å²) in [4.78, 5) is 32.3. The Hall–Kier alpha value is -3.01. The molecule has 0 unspecified atom stereocenters. The van der Waals surface area contributed by atoms with Crippen LogP contribution < -0.4 is 14.2 Å². The highest BCUT2D eigenvalue weighted by Gasteiger charge is 2.42. The van der Waals surface area contributed by atoms with Crippen molar-refractivity contribution in [1.29, 1.82) is 0 Å². The Morgan fingerprint density at radius 3 is 2.42 bits per heavy atom. The van der Waals surface area contributed by atoms with Gasteiger partial charge in [0.2, 0.25) is 5.91 Å². The van der Waals surface area contributed by atoms with Gasteiger partial charge in [-0.2, -0.15) is 0 Å². The molecular formula is C28H36ClN3O6. The van der Waals surface area contributed by atoms with Gasteiger partial charge in [-0.3, -0.25) is 9.59 Å². The molecule has 0 radical (unpaired) electrons. The topological polar surface area (TPSA) is 80.8 Å². The van der Waals surface area contributed by atoms with Gasteiger partial charge in [0.05, 0.1) is 26.7 Å². The molecule has 38 heavy (non-hydrogen) atoms. The van der Waals surface area contributed by atoms with E-state index in [0.717, 1.165) is 18.7 Å². The summed E-state index contributed by atoms with van der Waals surface area (Å²) in [6.45, 7) is 5.80. The number of methoxy groups -OCH3 is 1. The number of hydrogen-bond acceptors (Lipinski definition) is 7. The second-order valence-corrected chi connectivity index (χ2v) is 10.3. The van der Waals surface area contributed by atoms with Gasteiger partial charge in [-0.15, -0.1) is 0 Å². The molecule has 1 atom stereocenters. The Morgan fingerprint density at radius 2 is 1.68 bits per heavy atom. The van der Waals surface area contributed by atoms with Crippen LogP contribution in [0.15, 0.2) is 42.5 Å². The molecule has 2 aliphatic heterocycles. The SMILES string of the molecule is COc1cccc(OCC(=O)N2CCO[C@@](COc3ccc(Cl)c(C)c3)(CC(=O)N3CCN(C)CC3)C2)c1. The molecule has 2 amide bonds. The van der Waals surface area contributed by atoms with E-state index in [2.05, 4.69) is 4.90 Å². The average molecular weight is 546 g/mol. The maximum Gasteiger partial charge on any atom is 0.260 e. The molecule has 10 heteroatoms. The largest absolute Gasteiger partial charge is 0.497 e. The first-order chi connectivity index (χ1) is 18.3. The molecule has 0 aliphatic carbocycles.